The molecule has 108 valence electrons. The van der Waals surface area contributed by atoms with Crippen molar-refractivity contribution in [2.45, 2.75) is 18.5 Å². The third-order valence-corrected chi connectivity index (χ3v) is 3.99. The standard InChI is InChI=1S/C12H17N5O2S/c1-9-11(8-17(3)15-9)16-20(18,19)12-5-4-10(6-13-2)7-14-12/h4-5,7-8,13,16H,6H2,1-3H3. The van der Waals surface area contributed by atoms with E-state index in [4.69, 9.17) is 0 Å². The Hall–Kier alpha value is -1.93. The third-order valence-electron chi connectivity index (χ3n) is 2.71. The van der Waals surface area contributed by atoms with Crippen molar-refractivity contribution in [2.24, 2.45) is 7.05 Å². The Kier molecular flexibility index (Phi) is 4.05. The summed E-state index contributed by atoms with van der Waals surface area (Å²) in [6.45, 7) is 2.38. The van der Waals surface area contributed by atoms with E-state index in [-0.39, 0.29) is 5.03 Å². The minimum atomic E-state index is -3.69. The molecule has 0 atom stereocenters. The topological polar surface area (TPSA) is 88.9 Å². The van der Waals surface area contributed by atoms with Crippen molar-refractivity contribution < 1.29 is 8.42 Å². The highest BCUT2D eigenvalue weighted by molar-refractivity contribution is 7.92. The van der Waals surface area contributed by atoms with Gasteiger partial charge < -0.3 is 5.32 Å². The first-order valence-corrected chi connectivity index (χ1v) is 7.53. The van der Waals surface area contributed by atoms with Crippen molar-refractivity contribution in [3.05, 3.63) is 35.8 Å². The lowest BCUT2D eigenvalue weighted by Crippen LogP contribution is -2.15. The molecular formula is C12H17N5O2S. The first kappa shape index (κ1) is 14.5. The van der Waals surface area contributed by atoms with Crippen LogP contribution in [0.4, 0.5) is 5.69 Å². The van der Waals surface area contributed by atoms with Gasteiger partial charge in [-0.1, -0.05) is 6.07 Å². The molecule has 0 aliphatic carbocycles. The lowest BCUT2D eigenvalue weighted by molar-refractivity contribution is 0.597. The predicted octanol–water partition coefficient (Wildman–Crippen LogP) is 0.644. The van der Waals surface area contributed by atoms with Crippen molar-refractivity contribution >= 4 is 15.7 Å². The van der Waals surface area contributed by atoms with Gasteiger partial charge in [-0.15, -0.1) is 0 Å². The summed E-state index contributed by atoms with van der Waals surface area (Å²) in [7, 11) is -0.140. The molecular weight excluding hydrogens is 278 g/mol. The molecule has 2 aromatic rings. The van der Waals surface area contributed by atoms with Crippen LogP contribution < -0.4 is 10.0 Å². The van der Waals surface area contributed by atoms with Crippen LogP contribution >= 0.6 is 0 Å². The number of nitrogens with one attached hydrogen (secondary N) is 2. The Morgan fingerprint density at radius 1 is 1.35 bits per heavy atom. The maximum atomic E-state index is 12.2. The number of rotatable bonds is 5. The van der Waals surface area contributed by atoms with Crippen LogP contribution in [0.15, 0.2) is 29.6 Å². The second kappa shape index (κ2) is 5.59. The molecule has 20 heavy (non-hydrogen) atoms. The van der Waals surface area contributed by atoms with Gasteiger partial charge in [0.2, 0.25) is 0 Å². The number of anilines is 1. The molecule has 0 aromatic carbocycles. The van der Waals surface area contributed by atoms with Crippen LogP contribution in [0, 0.1) is 6.92 Å². The SMILES string of the molecule is CNCc1ccc(S(=O)(=O)Nc2cn(C)nc2C)nc1. The predicted molar refractivity (Wildman–Crippen MR) is 75.8 cm³/mol. The molecule has 0 spiro atoms. The van der Waals surface area contributed by atoms with Crippen LogP contribution in [0.1, 0.15) is 11.3 Å². The second-order valence-corrected chi connectivity index (χ2v) is 6.07. The highest BCUT2D eigenvalue weighted by Crippen LogP contribution is 2.17. The van der Waals surface area contributed by atoms with Crippen LogP contribution in [0.5, 0.6) is 0 Å². The van der Waals surface area contributed by atoms with E-state index >= 15 is 0 Å². The zero-order chi connectivity index (χ0) is 14.8. The van der Waals surface area contributed by atoms with Crippen LogP contribution in [0.25, 0.3) is 0 Å². The van der Waals surface area contributed by atoms with Gasteiger partial charge in [0.25, 0.3) is 10.0 Å². The monoisotopic (exact) mass is 295 g/mol. The highest BCUT2D eigenvalue weighted by Gasteiger charge is 2.18. The van der Waals surface area contributed by atoms with Crippen molar-refractivity contribution in [1.82, 2.24) is 20.1 Å². The van der Waals surface area contributed by atoms with E-state index in [1.165, 1.54) is 6.07 Å². The molecule has 0 saturated carbocycles. The number of sulfonamides is 1. The molecule has 2 N–H and O–H groups in total. The van der Waals surface area contributed by atoms with Crippen molar-refractivity contribution in [1.29, 1.82) is 0 Å². The first-order valence-electron chi connectivity index (χ1n) is 6.05. The van der Waals surface area contributed by atoms with Gasteiger partial charge in [-0.2, -0.15) is 13.5 Å². The minimum Gasteiger partial charge on any atom is -0.316 e. The Morgan fingerprint density at radius 3 is 2.60 bits per heavy atom. The fraction of sp³-hybridized carbons (Fsp3) is 0.333. The molecule has 0 saturated heterocycles. The number of pyridine rings is 1. The molecule has 2 aromatic heterocycles. The molecule has 2 heterocycles. The van der Waals surface area contributed by atoms with E-state index < -0.39 is 10.0 Å². The quantitative estimate of drug-likeness (QED) is 0.845. The summed E-state index contributed by atoms with van der Waals surface area (Å²) >= 11 is 0. The molecule has 0 radical (unpaired) electrons. The summed E-state index contributed by atoms with van der Waals surface area (Å²) in [5.74, 6) is 0. The van der Waals surface area contributed by atoms with Gasteiger partial charge in [0, 0.05) is 26.0 Å². The van der Waals surface area contributed by atoms with Gasteiger partial charge in [-0.3, -0.25) is 9.40 Å². The zero-order valence-electron chi connectivity index (χ0n) is 11.6. The van der Waals surface area contributed by atoms with Crippen LogP contribution in [0.2, 0.25) is 0 Å². The van der Waals surface area contributed by atoms with Gasteiger partial charge in [-0.05, 0) is 25.6 Å². The van der Waals surface area contributed by atoms with Crippen LogP contribution in [0.3, 0.4) is 0 Å². The summed E-state index contributed by atoms with van der Waals surface area (Å²) < 4.78 is 28.5. The molecule has 7 nitrogen and oxygen atoms in total. The second-order valence-electron chi connectivity index (χ2n) is 4.44. The van der Waals surface area contributed by atoms with Crippen LogP contribution in [-0.2, 0) is 23.6 Å². The van der Waals surface area contributed by atoms with Crippen molar-refractivity contribution in [2.75, 3.05) is 11.8 Å². The van der Waals surface area contributed by atoms with Crippen LogP contribution in [-0.4, -0.2) is 30.2 Å². The largest absolute Gasteiger partial charge is 0.316 e. The summed E-state index contributed by atoms with van der Waals surface area (Å²) in [5, 5.41) is 7.05. The number of aromatic nitrogens is 3. The van der Waals surface area contributed by atoms with Gasteiger partial charge >= 0.3 is 0 Å². The summed E-state index contributed by atoms with van der Waals surface area (Å²) in [4.78, 5) is 3.98. The maximum Gasteiger partial charge on any atom is 0.279 e. The average Bonchev–Trinajstić information content (AvgIpc) is 2.68. The normalized spacial score (nSPS) is 11.6. The number of aryl methyl sites for hydroxylation is 2. The molecule has 2 rings (SSSR count). The Labute approximate surface area is 118 Å². The van der Waals surface area contributed by atoms with E-state index in [9.17, 15) is 8.42 Å². The van der Waals surface area contributed by atoms with Gasteiger partial charge in [-0.25, -0.2) is 4.98 Å². The van der Waals surface area contributed by atoms with Crippen molar-refractivity contribution in [3.63, 3.8) is 0 Å². The molecule has 0 aliphatic rings. The Balaban J connectivity index is 2.24. The highest BCUT2D eigenvalue weighted by atomic mass is 32.2. The lowest BCUT2D eigenvalue weighted by Gasteiger charge is -2.06. The van der Waals surface area contributed by atoms with E-state index in [1.54, 1.807) is 37.1 Å². The smallest absolute Gasteiger partial charge is 0.279 e. The maximum absolute atomic E-state index is 12.2. The average molecular weight is 295 g/mol. The Morgan fingerprint density at radius 2 is 2.10 bits per heavy atom. The van der Waals surface area contributed by atoms with Crippen molar-refractivity contribution in [3.8, 4) is 0 Å². The summed E-state index contributed by atoms with van der Waals surface area (Å²) in [5.41, 5.74) is 1.99. The molecule has 0 aliphatic heterocycles. The van der Waals surface area contributed by atoms with E-state index in [0.717, 1.165) is 5.56 Å². The number of nitrogens with zero attached hydrogens (tertiary/aromatic N) is 3. The fourth-order valence-electron chi connectivity index (χ4n) is 1.78. The fourth-order valence-corrected chi connectivity index (χ4v) is 2.81. The minimum absolute atomic E-state index is 0.0133. The molecule has 0 amide bonds. The molecule has 0 fully saturated rings. The molecule has 8 heteroatoms. The van der Waals surface area contributed by atoms with E-state index in [0.29, 0.717) is 17.9 Å². The molecule has 0 unspecified atom stereocenters. The van der Waals surface area contributed by atoms with Gasteiger partial charge in [0.1, 0.15) is 0 Å². The third kappa shape index (κ3) is 3.14. The van der Waals surface area contributed by atoms with E-state index in [1.807, 2.05) is 7.05 Å². The molecule has 0 bridgehead atoms. The van der Waals surface area contributed by atoms with Gasteiger partial charge in [0.05, 0.1) is 11.4 Å². The summed E-state index contributed by atoms with van der Waals surface area (Å²) in [6.07, 6.45) is 3.16. The first-order chi connectivity index (χ1) is 9.42. The zero-order valence-corrected chi connectivity index (χ0v) is 12.4. The summed E-state index contributed by atoms with van der Waals surface area (Å²) in [6, 6.07) is 3.22. The van der Waals surface area contributed by atoms with Gasteiger partial charge in [0.15, 0.2) is 5.03 Å². The number of hydrogen-bond acceptors (Lipinski definition) is 5. The Bertz CT molecular complexity index is 691. The van der Waals surface area contributed by atoms with E-state index in [2.05, 4.69) is 20.1 Å². The number of hydrogen-bond donors (Lipinski definition) is 2. The lowest BCUT2D eigenvalue weighted by atomic mass is 10.3.